The number of rotatable bonds is 6. The molecule has 0 heterocycles. The highest BCUT2D eigenvalue weighted by atomic mass is 16.6. The molecule has 0 fully saturated rings. The molecule has 0 aliphatic rings. The van der Waals surface area contributed by atoms with E-state index in [9.17, 15) is 20.2 Å². The van der Waals surface area contributed by atoms with Crippen molar-refractivity contribution in [2.45, 2.75) is 6.61 Å². The summed E-state index contributed by atoms with van der Waals surface area (Å²) in [6, 6.07) is 10.1. The van der Waals surface area contributed by atoms with Crippen molar-refractivity contribution in [1.29, 1.82) is 0 Å². The lowest BCUT2D eigenvalue weighted by Gasteiger charge is -2.08. The Morgan fingerprint density at radius 2 is 1.82 bits per heavy atom. The highest BCUT2D eigenvalue weighted by Crippen LogP contribution is 2.31. The number of ether oxygens (including phenoxy) is 2. The highest BCUT2D eigenvalue weighted by molar-refractivity contribution is 5.51. The van der Waals surface area contributed by atoms with Crippen LogP contribution in [0.2, 0.25) is 0 Å². The van der Waals surface area contributed by atoms with Gasteiger partial charge in [0.15, 0.2) is 5.75 Å². The van der Waals surface area contributed by atoms with Crippen molar-refractivity contribution < 1.29 is 19.3 Å². The van der Waals surface area contributed by atoms with Gasteiger partial charge >= 0.3 is 5.69 Å². The van der Waals surface area contributed by atoms with Gasteiger partial charge in [0.25, 0.3) is 5.69 Å². The van der Waals surface area contributed by atoms with E-state index in [0.29, 0.717) is 11.3 Å². The average molecular weight is 304 g/mol. The Morgan fingerprint density at radius 3 is 2.45 bits per heavy atom. The molecule has 2 aromatic rings. The van der Waals surface area contributed by atoms with Gasteiger partial charge in [0, 0.05) is 12.1 Å². The zero-order chi connectivity index (χ0) is 16.1. The summed E-state index contributed by atoms with van der Waals surface area (Å²) in [6.07, 6.45) is 0. The standard InChI is InChI=1S/C14H12N2O6/c1-21-12-5-6-14(13(8-12)16(19)20)22-9-10-3-2-4-11(7-10)15(17)18/h2-8H,9H2,1H3. The molecule has 114 valence electrons. The second-order valence-corrected chi connectivity index (χ2v) is 4.31. The first-order chi connectivity index (χ1) is 10.5. The normalized spacial score (nSPS) is 10.0. The Morgan fingerprint density at radius 1 is 1.05 bits per heavy atom. The quantitative estimate of drug-likeness (QED) is 0.599. The minimum atomic E-state index is -0.578. The summed E-state index contributed by atoms with van der Waals surface area (Å²) in [4.78, 5) is 20.6. The molecule has 8 nitrogen and oxygen atoms in total. The molecule has 0 saturated heterocycles. The molecule has 0 bridgehead atoms. The number of benzene rings is 2. The van der Waals surface area contributed by atoms with Gasteiger partial charge in [-0.2, -0.15) is 0 Å². The zero-order valence-electron chi connectivity index (χ0n) is 11.6. The molecule has 0 radical (unpaired) electrons. The Bertz CT molecular complexity index is 716. The van der Waals surface area contributed by atoms with Crippen LogP contribution < -0.4 is 9.47 Å². The topological polar surface area (TPSA) is 105 Å². The maximum atomic E-state index is 11.0. The summed E-state index contributed by atoms with van der Waals surface area (Å²) in [6.45, 7) is -0.0190. The molecule has 0 aliphatic heterocycles. The van der Waals surface area contributed by atoms with Crippen molar-refractivity contribution in [2.75, 3.05) is 7.11 Å². The predicted octanol–water partition coefficient (Wildman–Crippen LogP) is 3.09. The number of nitro groups is 2. The Hall–Kier alpha value is -3.16. The molecule has 8 heteroatoms. The second-order valence-electron chi connectivity index (χ2n) is 4.31. The molecule has 22 heavy (non-hydrogen) atoms. The van der Waals surface area contributed by atoms with Crippen molar-refractivity contribution in [3.8, 4) is 11.5 Å². The smallest absolute Gasteiger partial charge is 0.314 e. The summed E-state index contributed by atoms with van der Waals surface area (Å²) < 4.78 is 10.3. The second kappa shape index (κ2) is 6.53. The number of hydrogen-bond acceptors (Lipinski definition) is 6. The van der Waals surface area contributed by atoms with Crippen LogP contribution in [0.1, 0.15) is 5.56 Å². The molecular weight excluding hydrogens is 292 g/mol. The fourth-order valence-corrected chi connectivity index (χ4v) is 1.81. The summed E-state index contributed by atoms with van der Waals surface area (Å²) in [5.74, 6) is 0.409. The minimum absolute atomic E-state index is 0.0190. The van der Waals surface area contributed by atoms with Crippen LogP contribution in [0.3, 0.4) is 0 Å². The van der Waals surface area contributed by atoms with Crippen LogP contribution in [0, 0.1) is 20.2 Å². The van der Waals surface area contributed by atoms with E-state index in [4.69, 9.17) is 9.47 Å². The van der Waals surface area contributed by atoms with Gasteiger partial charge in [-0.3, -0.25) is 20.2 Å². The summed E-state index contributed by atoms with van der Waals surface area (Å²) in [5.41, 5.74) is 0.245. The van der Waals surface area contributed by atoms with Gasteiger partial charge in [-0.25, -0.2) is 0 Å². The van der Waals surface area contributed by atoms with Crippen molar-refractivity contribution in [1.82, 2.24) is 0 Å². The predicted molar refractivity (Wildman–Crippen MR) is 77.1 cm³/mol. The molecule has 0 unspecified atom stereocenters. The molecule has 2 rings (SSSR count). The van der Waals surface area contributed by atoms with Crippen molar-refractivity contribution in [3.63, 3.8) is 0 Å². The van der Waals surface area contributed by atoms with Crippen LogP contribution in [-0.2, 0) is 6.61 Å². The number of non-ortho nitro benzene ring substituents is 1. The first-order valence-corrected chi connectivity index (χ1v) is 6.20. The van der Waals surface area contributed by atoms with Crippen molar-refractivity contribution in [2.24, 2.45) is 0 Å². The number of nitrogens with zero attached hydrogens (tertiary/aromatic N) is 2. The van der Waals surface area contributed by atoms with E-state index in [1.54, 1.807) is 6.07 Å². The molecule has 0 amide bonds. The van der Waals surface area contributed by atoms with Gasteiger partial charge in [-0.15, -0.1) is 0 Å². The van der Waals surface area contributed by atoms with Gasteiger partial charge in [-0.05, 0) is 17.7 Å². The average Bonchev–Trinajstić information content (AvgIpc) is 2.52. The van der Waals surface area contributed by atoms with Gasteiger partial charge in [-0.1, -0.05) is 12.1 Å². The van der Waals surface area contributed by atoms with E-state index in [2.05, 4.69) is 0 Å². The summed E-state index contributed by atoms with van der Waals surface area (Å²) >= 11 is 0. The molecule has 0 aliphatic carbocycles. The maximum Gasteiger partial charge on any atom is 0.314 e. The third kappa shape index (κ3) is 3.48. The van der Waals surface area contributed by atoms with E-state index < -0.39 is 9.85 Å². The van der Waals surface area contributed by atoms with E-state index in [-0.39, 0.29) is 23.7 Å². The number of methoxy groups -OCH3 is 1. The fourth-order valence-electron chi connectivity index (χ4n) is 1.81. The lowest BCUT2D eigenvalue weighted by atomic mass is 10.2. The van der Waals surface area contributed by atoms with Crippen LogP contribution in [0.5, 0.6) is 11.5 Å². The largest absolute Gasteiger partial charge is 0.496 e. The van der Waals surface area contributed by atoms with Crippen LogP contribution in [0.4, 0.5) is 11.4 Å². The SMILES string of the molecule is COc1ccc(OCc2cccc([N+](=O)[O-])c2)c([N+](=O)[O-])c1. The Kier molecular flexibility index (Phi) is 4.52. The van der Waals surface area contributed by atoms with E-state index in [1.807, 2.05) is 0 Å². The fraction of sp³-hybridized carbons (Fsp3) is 0.143. The molecule has 2 aromatic carbocycles. The lowest BCUT2D eigenvalue weighted by molar-refractivity contribution is -0.386. The molecule has 0 spiro atoms. The Labute approximate surface area is 125 Å². The third-order valence-corrected chi connectivity index (χ3v) is 2.88. The Balaban J connectivity index is 2.19. The number of hydrogen-bond donors (Lipinski definition) is 0. The third-order valence-electron chi connectivity index (χ3n) is 2.88. The first kappa shape index (κ1) is 15.2. The summed E-state index contributed by atoms with van der Waals surface area (Å²) in [7, 11) is 1.41. The van der Waals surface area contributed by atoms with E-state index in [1.165, 1.54) is 43.5 Å². The monoisotopic (exact) mass is 304 g/mol. The molecule has 0 saturated carbocycles. The van der Waals surface area contributed by atoms with Crippen LogP contribution in [0.25, 0.3) is 0 Å². The first-order valence-electron chi connectivity index (χ1n) is 6.20. The van der Waals surface area contributed by atoms with Gasteiger partial charge in [0.1, 0.15) is 12.4 Å². The van der Waals surface area contributed by atoms with E-state index >= 15 is 0 Å². The highest BCUT2D eigenvalue weighted by Gasteiger charge is 2.17. The van der Waals surface area contributed by atoms with Gasteiger partial charge < -0.3 is 9.47 Å². The van der Waals surface area contributed by atoms with Crippen LogP contribution in [-0.4, -0.2) is 17.0 Å². The van der Waals surface area contributed by atoms with E-state index in [0.717, 1.165) is 0 Å². The molecule has 0 atom stereocenters. The number of nitro benzene ring substituents is 2. The van der Waals surface area contributed by atoms with Crippen LogP contribution in [0.15, 0.2) is 42.5 Å². The zero-order valence-corrected chi connectivity index (χ0v) is 11.6. The molecule has 0 aromatic heterocycles. The molecule has 0 N–H and O–H groups in total. The maximum absolute atomic E-state index is 11.0. The summed E-state index contributed by atoms with van der Waals surface area (Å²) in [5, 5.41) is 21.7. The van der Waals surface area contributed by atoms with Crippen LogP contribution >= 0.6 is 0 Å². The lowest BCUT2D eigenvalue weighted by Crippen LogP contribution is -2.00. The van der Waals surface area contributed by atoms with Gasteiger partial charge in [0.2, 0.25) is 0 Å². The minimum Gasteiger partial charge on any atom is -0.496 e. The van der Waals surface area contributed by atoms with Gasteiger partial charge in [0.05, 0.1) is 23.0 Å². The van der Waals surface area contributed by atoms with Crippen molar-refractivity contribution in [3.05, 3.63) is 68.3 Å². The van der Waals surface area contributed by atoms with Crippen molar-refractivity contribution >= 4 is 11.4 Å². The molecular formula is C14H12N2O6.